The summed E-state index contributed by atoms with van der Waals surface area (Å²) >= 11 is 0. The number of nitrogens with zero attached hydrogens (tertiary/aromatic N) is 3. The molecule has 0 amide bonds. The van der Waals surface area contributed by atoms with Gasteiger partial charge in [-0.1, -0.05) is 12.1 Å². The lowest BCUT2D eigenvalue weighted by molar-refractivity contribution is -0.384. The second-order valence-corrected chi connectivity index (χ2v) is 4.82. The Morgan fingerprint density at radius 1 is 1.47 bits per heavy atom. The number of fused-ring (bicyclic) bond motifs is 1. The van der Waals surface area contributed by atoms with Gasteiger partial charge in [-0.15, -0.1) is 0 Å². The highest BCUT2D eigenvalue weighted by atomic mass is 16.6. The summed E-state index contributed by atoms with van der Waals surface area (Å²) in [6.45, 7) is 1.83. The van der Waals surface area contributed by atoms with E-state index in [2.05, 4.69) is 22.1 Å². The van der Waals surface area contributed by atoms with Crippen molar-refractivity contribution in [3.63, 3.8) is 0 Å². The Morgan fingerprint density at radius 2 is 2.32 bits per heavy atom. The van der Waals surface area contributed by atoms with Crippen LogP contribution in [0.1, 0.15) is 11.3 Å². The van der Waals surface area contributed by atoms with Gasteiger partial charge in [-0.2, -0.15) is 5.10 Å². The standard InChI is InChI=1S/C13H14N4O2/c1-16-6-5-12-11(8-16)13(15-14-12)9-3-2-4-10(7-9)17(18)19/h2-4,7H,5-6,8H2,1H3,(H,14,15). The summed E-state index contributed by atoms with van der Waals surface area (Å²) in [5, 5.41) is 18.2. The van der Waals surface area contributed by atoms with Crippen molar-refractivity contribution >= 4 is 5.69 Å². The van der Waals surface area contributed by atoms with Crippen LogP contribution in [0.4, 0.5) is 5.69 Å². The van der Waals surface area contributed by atoms with Gasteiger partial charge in [-0.05, 0) is 7.05 Å². The average molecular weight is 258 g/mol. The number of hydrogen-bond acceptors (Lipinski definition) is 4. The third-order valence-electron chi connectivity index (χ3n) is 3.45. The Bertz CT molecular complexity index is 635. The number of hydrogen-bond donors (Lipinski definition) is 1. The summed E-state index contributed by atoms with van der Waals surface area (Å²) in [7, 11) is 2.06. The average Bonchev–Trinajstić information content (AvgIpc) is 2.81. The summed E-state index contributed by atoms with van der Waals surface area (Å²) in [4.78, 5) is 12.7. The van der Waals surface area contributed by atoms with E-state index in [4.69, 9.17) is 0 Å². The third kappa shape index (κ3) is 2.10. The van der Waals surface area contributed by atoms with Gasteiger partial charge in [0.05, 0.1) is 10.6 Å². The molecule has 0 atom stereocenters. The van der Waals surface area contributed by atoms with Crippen LogP contribution in [-0.4, -0.2) is 33.6 Å². The maximum atomic E-state index is 10.8. The zero-order valence-corrected chi connectivity index (χ0v) is 10.6. The van der Waals surface area contributed by atoms with Crippen molar-refractivity contribution in [3.05, 3.63) is 45.6 Å². The van der Waals surface area contributed by atoms with Crippen molar-refractivity contribution in [1.29, 1.82) is 0 Å². The Balaban J connectivity index is 2.05. The molecule has 1 aliphatic rings. The highest BCUT2D eigenvalue weighted by Crippen LogP contribution is 2.29. The summed E-state index contributed by atoms with van der Waals surface area (Å²) in [5.41, 5.74) is 4.00. The predicted octanol–water partition coefficient (Wildman–Crippen LogP) is 1.97. The first-order valence-electron chi connectivity index (χ1n) is 6.14. The minimum absolute atomic E-state index is 0.0958. The molecule has 0 unspecified atom stereocenters. The smallest absolute Gasteiger partial charge is 0.270 e. The van der Waals surface area contributed by atoms with Crippen molar-refractivity contribution in [3.8, 4) is 11.3 Å². The van der Waals surface area contributed by atoms with Crippen molar-refractivity contribution in [2.24, 2.45) is 0 Å². The molecule has 1 aliphatic heterocycles. The zero-order valence-electron chi connectivity index (χ0n) is 10.6. The SMILES string of the molecule is CN1CCc2[nH]nc(-c3cccc([N+](=O)[O-])c3)c2C1. The maximum Gasteiger partial charge on any atom is 0.270 e. The molecule has 1 aromatic carbocycles. The number of aromatic nitrogens is 2. The molecular weight excluding hydrogens is 244 g/mol. The Labute approximate surface area is 110 Å². The van der Waals surface area contributed by atoms with E-state index in [1.54, 1.807) is 12.1 Å². The first-order valence-corrected chi connectivity index (χ1v) is 6.14. The van der Waals surface area contributed by atoms with Crippen LogP contribution in [0.3, 0.4) is 0 Å². The van der Waals surface area contributed by atoms with E-state index in [0.29, 0.717) is 0 Å². The molecule has 0 radical (unpaired) electrons. The number of non-ortho nitro benzene ring substituents is 1. The van der Waals surface area contributed by atoms with E-state index in [0.717, 1.165) is 42.0 Å². The number of benzene rings is 1. The van der Waals surface area contributed by atoms with Crippen LogP contribution in [0.2, 0.25) is 0 Å². The van der Waals surface area contributed by atoms with E-state index in [-0.39, 0.29) is 10.6 Å². The number of nitro groups is 1. The van der Waals surface area contributed by atoms with E-state index in [1.807, 2.05) is 6.07 Å². The van der Waals surface area contributed by atoms with Crippen molar-refractivity contribution in [2.75, 3.05) is 13.6 Å². The van der Waals surface area contributed by atoms with Gasteiger partial charge in [-0.25, -0.2) is 0 Å². The molecule has 2 aromatic rings. The molecule has 6 heteroatoms. The molecule has 0 spiro atoms. The lowest BCUT2D eigenvalue weighted by atomic mass is 10.0. The minimum atomic E-state index is -0.380. The fourth-order valence-electron chi connectivity index (χ4n) is 2.44. The topological polar surface area (TPSA) is 75.1 Å². The molecule has 0 saturated carbocycles. The summed E-state index contributed by atoms with van der Waals surface area (Å²) in [6.07, 6.45) is 0.938. The number of H-pyrrole nitrogens is 1. The van der Waals surface area contributed by atoms with Gasteiger partial charge < -0.3 is 4.90 Å². The molecule has 1 aromatic heterocycles. The highest BCUT2D eigenvalue weighted by Gasteiger charge is 2.21. The van der Waals surface area contributed by atoms with Gasteiger partial charge >= 0.3 is 0 Å². The third-order valence-corrected chi connectivity index (χ3v) is 3.45. The van der Waals surface area contributed by atoms with Crippen molar-refractivity contribution in [1.82, 2.24) is 15.1 Å². The molecular formula is C13H14N4O2. The van der Waals surface area contributed by atoms with Crippen LogP contribution < -0.4 is 0 Å². The highest BCUT2D eigenvalue weighted by molar-refractivity contribution is 5.66. The molecule has 98 valence electrons. The Morgan fingerprint density at radius 3 is 3.11 bits per heavy atom. The van der Waals surface area contributed by atoms with E-state index in [9.17, 15) is 10.1 Å². The monoisotopic (exact) mass is 258 g/mol. The predicted molar refractivity (Wildman–Crippen MR) is 70.7 cm³/mol. The number of aromatic amines is 1. The summed E-state index contributed by atoms with van der Waals surface area (Å²) in [5.74, 6) is 0. The van der Waals surface area contributed by atoms with Crippen LogP contribution in [0.25, 0.3) is 11.3 Å². The molecule has 0 aliphatic carbocycles. The van der Waals surface area contributed by atoms with E-state index >= 15 is 0 Å². The fraction of sp³-hybridized carbons (Fsp3) is 0.308. The van der Waals surface area contributed by atoms with Gasteiger partial charge in [-0.3, -0.25) is 15.2 Å². The van der Waals surface area contributed by atoms with E-state index in [1.165, 1.54) is 6.07 Å². The summed E-state index contributed by atoms with van der Waals surface area (Å²) in [6, 6.07) is 6.62. The molecule has 0 saturated heterocycles. The van der Waals surface area contributed by atoms with Crippen LogP contribution in [0.5, 0.6) is 0 Å². The second kappa shape index (κ2) is 4.47. The minimum Gasteiger partial charge on any atom is -0.302 e. The van der Waals surface area contributed by atoms with Gasteiger partial charge in [0.2, 0.25) is 0 Å². The summed E-state index contributed by atoms with van der Waals surface area (Å²) < 4.78 is 0. The van der Waals surface area contributed by atoms with Crippen molar-refractivity contribution in [2.45, 2.75) is 13.0 Å². The molecule has 3 rings (SSSR count). The first-order chi connectivity index (χ1) is 9.15. The number of likely N-dealkylation sites (N-methyl/N-ethyl adjacent to an activating group) is 1. The van der Waals surface area contributed by atoms with Crippen molar-refractivity contribution < 1.29 is 4.92 Å². The van der Waals surface area contributed by atoms with Crippen LogP contribution in [0.15, 0.2) is 24.3 Å². The van der Waals surface area contributed by atoms with E-state index < -0.39 is 0 Å². The normalized spacial score (nSPS) is 15.2. The van der Waals surface area contributed by atoms with Gasteiger partial charge in [0.25, 0.3) is 5.69 Å². The molecule has 1 N–H and O–H groups in total. The fourth-order valence-corrected chi connectivity index (χ4v) is 2.44. The van der Waals surface area contributed by atoms with Crippen LogP contribution in [-0.2, 0) is 13.0 Å². The quantitative estimate of drug-likeness (QED) is 0.660. The number of rotatable bonds is 2. The molecule has 0 bridgehead atoms. The van der Waals surface area contributed by atoms with Crippen LogP contribution in [0, 0.1) is 10.1 Å². The largest absolute Gasteiger partial charge is 0.302 e. The van der Waals surface area contributed by atoms with Crippen LogP contribution >= 0.6 is 0 Å². The maximum absolute atomic E-state index is 10.8. The molecule has 0 fully saturated rings. The zero-order chi connectivity index (χ0) is 13.4. The molecule has 6 nitrogen and oxygen atoms in total. The van der Waals surface area contributed by atoms with Gasteiger partial charge in [0.1, 0.15) is 0 Å². The molecule has 2 heterocycles. The number of nitro benzene ring substituents is 1. The second-order valence-electron chi connectivity index (χ2n) is 4.82. The van der Waals surface area contributed by atoms with Gasteiger partial charge in [0.15, 0.2) is 0 Å². The number of nitrogens with one attached hydrogen (secondary N) is 1. The molecule has 19 heavy (non-hydrogen) atoms. The lowest BCUT2D eigenvalue weighted by Gasteiger charge is -2.22. The van der Waals surface area contributed by atoms with Gasteiger partial charge in [0, 0.05) is 48.5 Å². The lowest BCUT2D eigenvalue weighted by Crippen LogP contribution is -2.26. The Hall–Kier alpha value is -2.21. The first kappa shape index (κ1) is 11.9. The Kier molecular flexibility index (Phi) is 2.79.